The summed E-state index contributed by atoms with van der Waals surface area (Å²) in [6, 6.07) is 10.5. The average molecular weight is 271 g/mol. The lowest BCUT2D eigenvalue weighted by atomic mass is 10.1. The number of phenols is 1. The highest BCUT2D eigenvalue weighted by molar-refractivity contribution is 6.06. The van der Waals surface area contributed by atoms with E-state index in [1.807, 2.05) is 32.0 Å². The van der Waals surface area contributed by atoms with Crippen LogP contribution >= 0.6 is 0 Å². The second-order valence-electron chi connectivity index (χ2n) is 4.61. The van der Waals surface area contributed by atoms with Crippen molar-refractivity contribution in [3.63, 3.8) is 0 Å². The number of amides is 1. The Morgan fingerprint density at radius 3 is 2.55 bits per heavy atom. The van der Waals surface area contributed by atoms with Gasteiger partial charge in [0.15, 0.2) is 11.5 Å². The topological polar surface area (TPSA) is 58.6 Å². The van der Waals surface area contributed by atoms with Crippen LogP contribution in [0.15, 0.2) is 36.4 Å². The fraction of sp³-hybridized carbons (Fsp3) is 0.188. The lowest BCUT2D eigenvalue weighted by Crippen LogP contribution is -2.12. The van der Waals surface area contributed by atoms with Crippen molar-refractivity contribution in [2.45, 2.75) is 13.8 Å². The van der Waals surface area contributed by atoms with E-state index in [-0.39, 0.29) is 23.0 Å². The molecule has 4 heteroatoms. The maximum Gasteiger partial charge on any atom is 0.259 e. The summed E-state index contributed by atoms with van der Waals surface area (Å²) >= 11 is 0. The molecule has 1 amide bonds. The molecule has 2 rings (SSSR count). The lowest BCUT2D eigenvalue weighted by molar-refractivity contribution is 0.102. The number of aryl methyl sites for hydroxylation is 2. The Kier molecular flexibility index (Phi) is 3.94. The van der Waals surface area contributed by atoms with Gasteiger partial charge < -0.3 is 15.2 Å². The van der Waals surface area contributed by atoms with Crippen LogP contribution in [0.3, 0.4) is 0 Å². The summed E-state index contributed by atoms with van der Waals surface area (Å²) in [6.45, 7) is 3.99. The molecule has 0 aliphatic carbocycles. The number of hydrogen-bond acceptors (Lipinski definition) is 3. The zero-order chi connectivity index (χ0) is 14.7. The van der Waals surface area contributed by atoms with Gasteiger partial charge in [-0.05, 0) is 49.2 Å². The fourth-order valence-corrected chi connectivity index (χ4v) is 1.89. The molecule has 0 saturated heterocycles. The second-order valence-corrected chi connectivity index (χ2v) is 4.61. The first kappa shape index (κ1) is 13.9. The summed E-state index contributed by atoms with van der Waals surface area (Å²) in [5.74, 6) is -0.251. The molecule has 0 aromatic heterocycles. The highest BCUT2D eigenvalue weighted by Gasteiger charge is 2.14. The van der Waals surface area contributed by atoms with Gasteiger partial charge in [-0.1, -0.05) is 12.1 Å². The molecule has 2 N–H and O–H groups in total. The van der Waals surface area contributed by atoms with E-state index in [1.54, 1.807) is 18.2 Å². The summed E-state index contributed by atoms with van der Waals surface area (Å²) in [6.07, 6.45) is 0. The van der Waals surface area contributed by atoms with Gasteiger partial charge >= 0.3 is 0 Å². The molecule has 0 saturated carbocycles. The Hall–Kier alpha value is -2.49. The van der Waals surface area contributed by atoms with Crippen LogP contribution < -0.4 is 10.1 Å². The van der Waals surface area contributed by atoms with E-state index in [9.17, 15) is 9.90 Å². The molecule has 0 atom stereocenters. The van der Waals surface area contributed by atoms with Gasteiger partial charge in [0.05, 0.1) is 12.7 Å². The van der Waals surface area contributed by atoms with E-state index in [4.69, 9.17) is 4.74 Å². The smallest absolute Gasteiger partial charge is 0.259 e. The van der Waals surface area contributed by atoms with Gasteiger partial charge in [-0.25, -0.2) is 0 Å². The minimum atomic E-state index is -0.371. The third kappa shape index (κ3) is 2.74. The highest BCUT2D eigenvalue weighted by Crippen LogP contribution is 2.29. The molecule has 0 aliphatic heterocycles. The van der Waals surface area contributed by atoms with Crippen LogP contribution in [0, 0.1) is 13.8 Å². The Balaban J connectivity index is 2.26. The highest BCUT2D eigenvalue weighted by atomic mass is 16.5. The van der Waals surface area contributed by atoms with Crippen molar-refractivity contribution in [1.29, 1.82) is 0 Å². The number of carbonyl (C=O) groups excluding carboxylic acids is 1. The maximum absolute atomic E-state index is 12.2. The Labute approximate surface area is 118 Å². The molecule has 4 nitrogen and oxygen atoms in total. The zero-order valence-corrected chi connectivity index (χ0v) is 11.7. The maximum atomic E-state index is 12.2. The molecule has 2 aromatic carbocycles. The molecule has 0 spiro atoms. The molecule has 0 heterocycles. The molecule has 0 radical (unpaired) electrons. The number of benzene rings is 2. The van der Waals surface area contributed by atoms with Crippen LogP contribution in [-0.4, -0.2) is 18.1 Å². The number of aromatic hydroxyl groups is 1. The Morgan fingerprint density at radius 1 is 1.15 bits per heavy atom. The van der Waals surface area contributed by atoms with Gasteiger partial charge in [0, 0.05) is 5.69 Å². The molecule has 104 valence electrons. The number of rotatable bonds is 3. The Morgan fingerprint density at radius 2 is 1.90 bits per heavy atom. The van der Waals surface area contributed by atoms with Crippen LogP contribution in [0.4, 0.5) is 5.69 Å². The van der Waals surface area contributed by atoms with Gasteiger partial charge in [0.1, 0.15) is 0 Å². The standard InChI is InChI=1S/C16H17NO3/c1-10-7-8-12(9-11(10)2)17-16(19)13-5-4-6-14(20-3)15(13)18/h4-9,18H,1-3H3,(H,17,19). The van der Waals surface area contributed by atoms with Crippen LogP contribution in [0.2, 0.25) is 0 Å². The quantitative estimate of drug-likeness (QED) is 0.900. The molecular formula is C16H17NO3. The molecule has 0 fully saturated rings. The van der Waals surface area contributed by atoms with Crippen LogP contribution in [-0.2, 0) is 0 Å². The minimum absolute atomic E-state index is 0.156. The van der Waals surface area contributed by atoms with E-state index in [2.05, 4.69) is 5.32 Å². The third-order valence-corrected chi connectivity index (χ3v) is 3.23. The molecule has 0 aliphatic rings. The van der Waals surface area contributed by atoms with Crippen molar-refractivity contribution in [3.05, 3.63) is 53.1 Å². The van der Waals surface area contributed by atoms with Crippen LogP contribution in [0.1, 0.15) is 21.5 Å². The third-order valence-electron chi connectivity index (χ3n) is 3.23. The van der Waals surface area contributed by atoms with E-state index in [0.29, 0.717) is 5.69 Å². The van der Waals surface area contributed by atoms with Gasteiger partial charge in [0.2, 0.25) is 0 Å². The first-order valence-electron chi connectivity index (χ1n) is 6.27. The number of para-hydroxylation sites is 1. The van der Waals surface area contributed by atoms with E-state index < -0.39 is 0 Å². The van der Waals surface area contributed by atoms with Crippen molar-refractivity contribution in [1.82, 2.24) is 0 Å². The largest absolute Gasteiger partial charge is 0.504 e. The summed E-state index contributed by atoms with van der Waals surface area (Å²) < 4.78 is 4.99. The van der Waals surface area contributed by atoms with Crippen molar-refractivity contribution >= 4 is 11.6 Å². The predicted octanol–water partition coefficient (Wildman–Crippen LogP) is 3.27. The van der Waals surface area contributed by atoms with Gasteiger partial charge in [-0.3, -0.25) is 4.79 Å². The van der Waals surface area contributed by atoms with Crippen LogP contribution in [0.25, 0.3) is 0 Å². The summed E-state index contributed by atoms with van der Waals surface area (Å²) in [7, 11) is 1.44. The minimum Gasteiger partial charge on any atom is -0.504 e. The number of phenolic OH excluding ortho intramolecular Hbond substituents is 1. The van der Waals surface area contributed by atoms with Gasteiger partial charge in [-0.15, -0.1) is 0 Å². The summed E-state index contributed by atoms with van der Waals surface area (Å²) in [4.78, 5) is 12.2. The number of nitrogens with one attached hydrogen (secondary N) is 1. The molecule has 0 bridgehead atoms. The van der Waals surface area contributed by atoms with Gasteiger partial charge in [0.25, 0.3) is 5.91 Å². The SMILES string of the molecule is COc1cccc(C(=O)Nc2ccc(C)c(C)c2)c1O. The number of carbonyl (C=O) groups is 1. The second kappa shape index (κ2) is 5.65. The number of anilines is 1. The monoisotopic (exact) mass is 271 g/mol. The number of ether oxygens (including phenoxy) is 1. The number of hydrogen-bond donors (Lipinski definition) is 2. The van der Waals surface area contributed by atoms with E-state index in [0.717, 1.165) is 11.1 Å². The predicted molar refractivity (Wildman–Crippen MR) is 78.5 cm³/mol. The van der Waals surface area contributed by atoms with Crippen LogP contribution in [0.5, 0.6) is 11.5 Å². The normalized spacial score (nSPS) is 10.2. The van der Waals surface area contributed by atoms with Crippen molar-refractivity contribution < 1.29 is 14.6 Å². The van der Waals surface area contributed by atoms with E-state index >= 15 is 0 Å². The molecule has 0 unspecified atom stereocenters. The summed E-state index contributed by atoms with van der Waals surface area (Å²) in [5.41, 5.74) is 3.13. The first-order valence-corrected chi connectivity index (χ1v) is 6.27. The van der Waals surface area contributed by atoms with Crippen molar-refractivity contribution in [3.8, 4) is 11.5 Å². The first-order chi connectivity index (χ1) is 9.52. The van der Waals surface area contributed by atoms with Crippen molar-refractivity contribution in [2.75, 3.05) is 12.4 Å². The lowest BCUT2D eigenvalue weighted by Gasteiger charge is -2.10. The van der Waals surface area contributed by atoms with Gasteiger partial charge in [-0.2, -0.15) is 0 Å². The fourth-order valence-electron chi connectivity index (χ4n) is 1.89. The zero-order valence-electron chi connectivity index (χ0n) is 11.7. The molecule has 2 aromatic rings. The Bertz CT molecular complexity index is 650. The van der Waals surface area contributed by atoms with Crippen molar-refractivity contribution in [2.24, 2.45) is 0 Å². The average Bonchev–Trinajstić information content (AvgIpc) is 2.43. The molecule has 20 heavy (non-hydrogen) atoms. The molecular weight excluding hydrogens is 254 g/mol. The van der Waals surface area contributed by atoms with E-state index in [1.165, 1.54) is 7.11 Å². The number of methoxy groups -OCH3 is 1. The summed E-state index contributed by atoms with van der Waals surface area (Å²) in [5, 5.41) is 12.7.